The van der Waals surface area contributed by atoms with Crippen molar-refractivity contribution in [1.82, 2.24) is 9.78 Å². The molecule has 35 heavy (non-hydrogen) atoms. The molecule has 1 aliphatic carbocycles. The number of hydrogen-bond donors (Lipinski definition) is 4. The summed E-state index contributed by atoms with van der Waals surface area (Å²) >= 11 is 0. The molecule has 0 unspecified atom stereocenters. The molecule has 3 heterocycles. The summed E-state index contributed by atoms with van der Waals surface area (Å²) in [5.74, 6) is 12.2. The summed E-state index contributed by atoms with van der Waals surface area (Å²) in [5.41, 5.74) is -0.722. The molecule has 9 heteroatoms. The molecule has 6 atom stereocenters. The Morgan fingerprint density at radius 3 is 2.63 bits per heavy atom. The van der Waals surface area contributed by atoms with Gasteiger partial charge in [-0.15, -0.1) is 0 Å². The Balaban J connectivity index is 1.32. The van der Waals surface area contributed by atoms with E-state index in [9.17, 15) is 20.4 Å². The second-order valence-corrected chi connectivity index (χ2v) is 9.08. The normalized spacial score (nSPS) is 32.3. The van der Waals surface area contributed by atoms with Crippen LogP contribution in [0.5, 0.6) is 5.75 Å². The molecule has 3 fully saturated rings. The van der Waals surface area contributed by atoms with Crippen molar-refractivity contribution in [3.8, 4) is 35.1 Å². The average Bonchev–Trinajstić information content (AvgIpc) is 3.33. The zero-order valence-corrected chi connectivity index (χ0v) is 19.1. The number of aromatic nitrogens is 2. The van der Waals surface area contributed by atoms with Crippen LogP contribution >= 0.6 is 0 Å². The van der Waals surface area contributed by atoms with Crippen LogP contribution in [0, 0.1) is 29.6 Å². The highest BCUT2D eigenvalue weighted by Gasteiger charge is 2.53. The maximum absolute atomic E-state index is 11.1. The van der Waals surface area contributed by atoms with Crippen molar-refractivity contribution in [2.24, 2.45) is 5.92 Å². The molecule has 4 N–H and O–H groups in total. The molecule has 0 amide bonds. The molecule has 2 aromatic rings. The Hall–Kier alpha value is -2.89. The standard InChI is InChI=1S/C26H28N2O7/c29-15-22-24(30)25(31)26(32,11-9-17-1-2-17)23(35-22)8-3-18-13-27-28(14-18)19-4-6-20(7-5-19)34-21-10-12-33-16-21/h4-7,13-14,17,21-25,29-32H,1-2,10,12,15-16H2/t21-,22-,23-,24-,25+,26-/m1/s1. The molecule has 2 aliphatic heterocycles. The smallest absolute Gasteiger partial charge is 0.191 e. The van der Waals surface area contributed by atoms with Gasteiger partial charge in [0.15, 0.2) is 11.7 Å². The predicted molar refractivity (Wildman–Crippen MR) is 124 cm³/mol. The monoisotopic (exact) mass is 480 g/mol. The average molecular weight is 481 g/mol. The Kier molecular flexibility index (Phi) is 6.81. The Morgan fingerprint density at radius 1 is 1.14 bits per heavy atom. The third-order valence-corrected chi connectivity index (χ3v) is 6.32. The van der Waals surface area contributed by atoms with Crippen LogP contribution in [-0.2, 0) is 9.47 Å². The minimum absolute atomic E-state index is 0.0760. The molecule has 1 aromatic heterocycles. The summed E-state index contributed by atoms with van der Waals surface area (Å²) in [6.07, 6.45) is 0.649. The highest BCUT2D eigenvalue weighted by molar-refractivity contribution is 5.41. The molecule has 0 spiro atoms. The van der Waals surface area contributed by atoms with Gasteiger partial charge < -0.3 is 34.6 Å². The van der Waals surface area contributed by atoms with Crippen LogP contribution in [-0.4, -0.2) is 86.1 Å². The van der Waals surface area contributed by atoms with Gasteiger partial charge in [0.1, 0.15) is 30.2 Å². The van der Waals surface area contributed by atoms with Gasteiger partial charge in [-0.2, -0.15) is 5.10 Å². The van der Waals surface area contributed by atoms with E-state index < -0.39 is 36.6 Å². The Bertz CT molecular complexity index is 1150. The first-order valence-corrected chi connectivity index (χ1v) is 11.7. The van der Waals surface area contributed by atoms with E-state index in [1.165, 1.54) is 0 Å². The predicted octanol–water partition coefficient (Wildman–Crippen LogP) is 0.0175. The van der Waals surface area contributed by atoms with E-state index in [2.05, 4.69) is 28.8 Å². The summed E-state index contributed by atoms with van der Waals surface area (Å²) in [6, 6.07) is 7.51. The van der Waals surface area contributed by atoms with Crippen molar-refractivity contribution in [2.45, 2.75) is 55.4 Å². The van der Waals surface area contributed by atoms with E-state index in [1.54, 1.807) is 17.1 Å². The van der Waals surface area contributed by atoms with Crippen LogP contribution in [0.1, 0.15) is 24.8 Å². The Morgan fingerprint density at radius 2 is 1.94 bits per heavy atom. The molecular weight excluding hydrogens is 452 g/mol. The van der Waals surface area contributed by atoms with Crippen molar-refractivity contribution < 1.29 is 34.6 Å². The van der Waals surface area contributed by atoms with Gasteiger partial charge in [0.05, 0.1) is 37.3 Å². The summed E-state index contributed by atoms with van der Waals surface area (Å²) in [7, 11) is 0. The zero-order chi connectivity index (χ0) is 24.4. The number of hydrogen-bond acceptors (Lipinski definition) is 8. The highest BCUT2D eigenvalue weighted by Crippen LogP contribution is 2.32. The number of ether oxygens (including phenoxy) is 3. The summed E-state index contributed by atoms with van der Waals surface area (Å²) in [6.45, 7) is 0.786. The summed E-state index contributed by atoms with van der Waals surface area (Å²) in [5, 5.41) is 45.8. The first-order chi connectivity index (χ1) is 17.0. The molecule has 184 valence electrons. The van der Waals surface area contributed by atoms with Crippen LogP contribution in [0.25, 0.3) is 5.69 Å². The second-order valence-electron chi connectivity index (χ2n) is 9.08. The third kappa shape index (κ3) is 5.21. The van der Waals surface area contributed by atoms with Crippen LogP contribution in [0.4, 0.5) is 0 Å². The number of benzene rings is 1. The van der Waals surface area contributed by atoms with Gasteiger partial charge in [-0.1, -0.05) is 23.7 Å². The van der Waals surface area contributed by atoms with Gasteiger partial charge in [-0.25, -0.2) is 4.68 Å². The molecule has 2 saturated heterocycles. The molecule has 1 aromatic carbocycles. The van der Waals surface area contributed by atoms with E-state index in [0.717, 1.165) is 37.3 Å². The topological polar surface area (TPSA) is 126 Å². The van der Waals surface area contributed by atoms with Crippen molar-refractivity contribution in [1.29, 1.82) is 0 Å². The number of nitrogens with zero attached hydrogens (tertiary/aromatic N) is 2. The quantitative estimate of drug-likeness (QED) is 0.451. The van der Waals surface area contributed by atoms with Gasteiger partial charge in [0, 0.05) is 18.5 Å². The number of rotatable bonds is 4. The largest absolute Gasteiger partial charge is 0.488 e. The lowest BCUT2D eigenvalue weighted by molar-refractivity contribution is -0.239. The van der Waals surface area contributed by atoms with Crippen molar-refractivity contribution >= 4 is 0 Å². The minimum atomic E-state index is -2.09. The van der Waals surface area contributed by atoms with Crippen LogP contribution < -0.4 is 4.74 Å². The number of aliphatic hydroxyl groups excluding tert-OH is 3. The molecule has 0 bridgehead atoms. The lowest BCUT2D eigenvalue weighted by Crippen LogP contribution is -2.65. The molecule has 3 aliphatic rings. The van der Waals surface area contributed by atoms with Gasteiger partial charge in [-0.3, -0.25) is 0 Å². The molecule has 1 saturated carbocycles. The van der Waals surface area contributed by atoms with Crippen LogP contribution in [0.15, 0.2) is 36.7 Å². The number of aliphatic hydroxyl groups is 4. The minimum Gasteiger partial charge on any atom is -0.488 e. The molecular formula is C26H28N2O7. The molecule has 5 rings (SSSR count). The third-order valence-electron chi connectivity index (χ3n) is 6.32. The van der Waals surface area contributed by atoms with E-state index in [1.807, 2.05) is 24.3 Å². The Labute approximate surface area is 203 Å². The lowest BCUT2D eigenvalue weighted by Gasteiger charge is -2.43. The van der Waals surface area contributed by atoms with Gasteiger partial charge in [-0.05, 0) is 37.1 Å². The van der Waals surface area contributed by atoms with E-state index >= 15 is 0 Å². The second kappa shape index (κ2) is 10.00. The SMILES string of the molecule is OC[C@H]1O[C@H](C#Cc2cnn(-c3ccc(O[C@@H]4CCOC4)cc3)c2)[C@](O)(C#CC2CC2)[C@@H](O)[C@@H]1O. The van der Waals surface area contributed by atoms with Gasteiger partial charge in [0.2, 0.25) is 0 Å². The highest BCUT2D eigenvalue weighted by atomic mass is 16.6. The van der Waals surface area contributed by atoms with E-state index in [4.69, 9.17) is 14.2 Å². The fourth-order valence-corrected chi connectivity index (χ4v) is 4.01. The zero-order valence-electron chi connectivity index (χ0n) is 19.1. The van der Waals surface area contributed by atoms with Crippen LogP contribution in [0.2, 0.25) is 0 Å². The van der Waals surface area contributed by atoms with Gasteiger partial charge >= 0.3 is 0 Å². The lowest BCUT2D eigenvalue weighted by atomic mass is 9.82. The van der Waals surface area contributed by atoms with Crippen LogP contribution in [0.3, 0.4) is 0 Å². The fraction of sp³-hybridized carbons (Fsp3) is 0.500. The van der Waals surface area contributed by atoms with Crippen molar-refractivity contribution in [3.63, 3.8) is 0 Å². The first kappa shape index (κ1) is 23.8. The summed E-state index contributed by atoms with van der Waals surface area (Å²) < 4.78 is 18.5. The van der Waals surface area contributed by atoms with Gasteiger partial charge in [0.25, 0.3) is 0 Å². The van der Waals surface area contributed by atoms with E-state index in [0.29, 0.717) is 12.2 Å². The van der Waals surface area contributed by atoms with E-state index in [-0.39, 0.29) is 12.0 Å². The van der Waals surface area contributed by atoms with Crippen molar-refractivity contribution in [3.05, 3.63) is 42.2 Å². The summed E-state index contributed by atoms with van der Waals surface area (Å²) in [4.78, 5) is 0. The first-order valence-electron chi connectivity index (χ1n) is 11.7. The maximum atomic E-state index is 11.1. The fourth-order valence-electron chi connectivity index (χ4n) is 4.01. The molecule has 9 nitrogen and oxygen atoms in total. The molecule has 0 radical (unpaired) electrons. The maximum Gasteiger partial charge on any atom is 0.191 e. The van der Waals surface area contributed by atoms with Crippen molar-refractivity contribution in [2.75, 3.05) is 19.8 Å².